The van der Waals surface area contributed by atoms with E-state index in [-0.39, 0.29) is 6.10 Å². The van der Waals surface area contributed by atoms with Crippen LogP contribution in [0.5, 0.6) is 0 Å². The van der Waals surface area contributed by atoms with Crippen molar-refractivity contribution in [2.45, 2.75) is 39.1 Å². The van der Waals surface area contributed by atoms with E-state index < -0.39 is 6.10 Å². The SMILES string of the molecule is CC(C)OCC(O)CN1CCn2cnnc2C1. The van der Waals surface area contributed by atoms with Crippen LogP contribution in [0.25, 0.3) is 0 Å². The van der Waals surface area contributed by atoms with Crippen molar-refractivity contribution < 1.29 is 9.84 Å². The molecular weight excluding hydrogens is 220 g/mol. The highest BCUT2D eigenvalue weighted by Crippen LogP contribution is 2.09. The molecule has 0 spiro atoms. The van der Waals surface area contributed by atoms with Gasteiger partial charge >= 0.3 is 0 Å². The Hall–Kier alpha value is -0.980. The van der Waals surface area contributed by atoms with E-state index >= 15 is 0 Å². The molecule has 1 atom stereocenters. The fraction of sp³-hybridized carbons (Fsp3) is 0.818. The molecule has 1 aromatic rings. The van der Waals surface area contributed by atoms with Crippen LogP contribution in [0.1, 0.15) is 19.7 Å². The Morgan fingerprint density at radius 3 is 3.06 bits per heavy atom. The molecule has 1 aromatic heterocycles. The lowest BCUT2D eigenvalue weighted by Gasteiger charge is -2.28. The third-order valence-electron chi connectivity index (χ3n) is 2.81. The van der Waals surface area contributed by atoms with Crippen molar-refractivity contribution in [3.63, 3.8) is 0 Å². The molecule has 1 unspecified atom stereocenters. The van der Waals surface area contributed by atoms with Gasteiger partial charge in [-0.3, -0.25) is 4.90 Å². The Bertz CT molecular complexity index is 353. The van der Waals surface area contributed by atoms with Crippen LogP contribution in [0.15, 0.2) is 6.33 Å². The lowest BCUT2D eigenvalue weighted by atomic mass is 10.3. The summed E-state index contributed by atoms with van der Waals surface area (Å²) < 4.78 is 7.44. The Morgan fingerprint density at radius 1 is 1.47 bits per heavy atom. The van der Waals surface area contributed by atoms with Gasteiger partial charge in [-0.2, -0.15) is 0 Å². The number of β-amino-alcohol motifs (C(OH)–C–C–N with tert-alkyl or cyclic N) is 1. The van der Waals surface area contributed by atoms with Crippen molar-refractivity contribution in [2.75, 3.05) is 19.7 Å². The first-order chi connectivity index (χ1) is 8.15. The molecule has 1 aliphatic heterocycles. The molecule has 0 saturated heterocycles. The molecule has 1 aliphatic rings. The van der Waals surface area contributed by atoms with Crippen molar-refractivity contribution >= 4 is 0 Å². The molecule has 1 N–H and O–H groups in total. The van der Waals surface area contributed by atoms with E-state index in [0.29, 0.717) is 13.2 Å². The van der Waals surface area contributed by atoms with Gasteiger partial charge in [0, 0.05) is 19.6 Å². The number of hydrogen-bond donors (Lipinski definition) is 1. The molecule has 17 heavy (non-hydrogen) atoms. The molecule has 6 heteroatoms. The maximum atomic E-state index is 9.84. The molecule has 0 saturated carbocycles. The highest BCUT2D eigenvalue weighted by atomic mass is 16.5. The number of rotatable bonds is 5. The minimum atomic E-state index is -0.438. The van der Waals surface area contributed by atoms with E-state index in [0.717, 1.165) is 25.5 Å². The van der Waals surface area contributed by atoms with Gasteiger partial charge < -0.3 is 14.4 Å². The summed E-state index contributed by atoms with van der Waals surface area (Å²) >= 11 is 0. The van der Waals surface area contributed by atoms with Gasteiger partial charge in [0.15, 0.2) is 0 Å². The van der Waals surface area contributed by atoms with Crippen LogP contribution < -0.4 is 0 Å². The van der Waals surface area contributed by atoms with Crippen molar-refractivity contribution in [1.82, 2.24) is 19.7 Å². The second kappa shape index (κ2) is 5.57. The quantitative estimate of drug-likeness (QED) is 0.777. The second-order valence-corrected chi connectivity index (χ2v) is 4.71. The molecular formula is C11H20N4O2. The standard InChI is InChI=1S/C11H20N4O2/c1-9(2)17-7-10(16)5-14-3-4-15-8-12-13-11(15)6-14/h8-10,16H,3-7H2,1-2H3. The van der Waals surface area contributed by atoms with E-state index in [1.54, 1.807) is 6.33 Å². The van der Waals surface area contributed by atoms with Crippen LogP contribution in [0.2, 0.25) is 0 Å². The third-order valence-corrected chi connectivity index (χ3v) is 2.81. The molecule has 2 rings (SSSR count). The van der Waals surface area contributed by atoms with Crippen molar-refractivity contribution in [3.05, 3.63) is 12.2 Å². The van der Waals surface area contributed by atoms with Gasteiger partial charge in [0.1, 0.15) is 12.2 Å². The zero-order valence-electron chi connectivity index (χ0n) is 10.4. The molecule has 96 valence electrons. The number of hydrogen-bond acceptors (Lipinski definition) is 5. The Labute approximate surface area is 101 Å². The van der Waals surface area contributed by atoms with Crippen LogP contribution in [-0.4, -0.2) is 56.7 Å². The zero-order chi connectivity index (χ0) is 12.3. The highest BCUT2D eigenvalue weighted by molar-refractivity contribution is 4.90. The van der Waals surface area contributed by atoms with Crippen molar-refractivity contribution in [1.29, 1.82) is 0 Å². The van der Waals surface area contributed by atoms with Crippen LogP contribution in [0.4, 0.5) is 0 Å². The lowest BCUT2D eigenvalue weighted by Crippen LogP contribution is -2.40. The summed E-state index contributed by atoms with van der Waals surface area (Å²) in [6, 6.07) is 0. The van der Waals surface area contributed by atoms with Crippen molar-refractivity contribution in [3.8, 4) is 0 Å². The van der Waals surface area contributed by atoms with E-state index in [2.05, 4.69) is 15.1 Å². The smallest absolute Gasteiger partial charge is 0.147 e. The Kier molecular flexibility index (Phi) is 4.09. The van der Waals surface area contributed by atoms with Crippen molar-refractivity contribution in [2.24, 2.45) is 0 Å². The first-order valence-electron chi connectivity index (χ1n) is 6.04. The number of nitrogens with zero attached hydrogens (tertiary/aromatic N) is 4. The average molecular weight is 240 g/mol. The van der Waals surface area contributed by atoms with Gasteiger partial charge in [-0.05, 0) is 13.8 Å². The highest BCUT2D eigenvalue weighted by Gasteiger charge is 2.19. The van der Waals surface area contributed by atoms with Gasteiger partial charge in [0.05, 0.1) is 25.4 Å². The van der Waals surface area contributed by atoms with Gasteiger partial charge in [0.2, 0.25) is 0 Å². The molecule has 0 aliphatic carbocycles. The van der Waals surface area contributed by atoms with Gasteiger partial charge in [-0.15, -0.1) is 10.2 Å². The van der Waals surface area contributed by atoms with Gasteiger partial charge in [-0.25, -0.2) is 0 Å². The summed E-state index contributed by atoms with van der Waals surface area (Å²) in [6.07, 6.45) is 1.48. The molecule has 6 nitrogen and oxygen atoms in total. The largest absolute Gasteiger partial charge is 0.389 e. The van der Waals surface area contributed by atoms with Crippen LogP contribution in [0.3, 0.4) is 0 Å². The van der Waals surface area contributed by atoms with Gasteiger partial charge in [-0.1, -0.05) is 0 Å². The number of ether oxygens (including phenoxy) is 1. The predicted octanol–water partition coefficient (Wildman–Crippen LogP) is -0.120. The molecule has 2 heterocycles. The summed E-state index contributed by atoms with van der Waals surface area (Å²) in [7, 11) is 0. The number of aliphatic hydroxyl groups excluding tert-OH is 1. The molecule has 0 fully saturated rings. The van der Waals surface area contributed by atoms with E-state index in [1.807, 2.05) is 18.4 Å². The first kappa shape index (κ1) is 12.5. The second-order valence-electron chi connectivity index (χ2n) is 4.71. The molecule has 0 aromatic carbocycles. The number of aromatic nitrogens is 3. The lowest BCUT2D eigenvalue weighted by molar-refractivity contribution is -0.0118. The number of aliphatic hydroxyl groups is 1. The normalized spacial score (nSPS) is 18.4. The topological polar surface area (TPSA) is 63.4 Å². The summed E-state index contributed by atoms with van der Waals surface area (Å²) in [6.45, 7) is 7.51. The first-order valence-corrected chi connectivity index (χ1v) is 6.04. The Balaban J connectivity index is 1.77. The van der Waals surface area contributed by atoms with Gasteiger partial charge in [0.25, 0.3) is 0 Å². The third kappa shape index (κ3) is 3.49. The average Bonchev–Trinajstić information content (AvgIpc) is 2.73. The zero-order valence-corrected chi connectivity index (χ0v) is 10.4. The van der Waals surface area contributed by atoms with Crippen LogP contribution >= 0.6 is 0 Å². The fourth-order valence-corrected chi connectivity index (χ4v) is 1.93. The monoisotopic (exact) mass is 240 g/mol. The van der Waals surface area contributed by atoms with E-state index in [1.165, 1.54) is 0 Å². The summed E-state index contributed by atoms with van der Waals surface area (Å²) in [4.78, 5) is 2.18. The predicted molar refractivity (Wildman–Crippen MR) is 62.4 cm³/mol. The van der Waals surface area contributed by atoms with E-state index in [9.17, 15) is 5.11 Å². The van der Waals surface area contributed by atoms with Crippen LogP contribution in [-0.2, 0) is 17.8 Å². The minimum absolute atomic E-state index is 0.161. The molecule has 0 bridgehead atoms. The molecule has 0 radical (unpaired) electrons. The number of fused-ring (bicyclic) bond motifs is 1. The fourth-order valence-electron chi connectivity index (χ4n) is 1.93. The Morgan fingerprint density at radius 2 is 2.29 bits per heavy atom. The summed E-state index contributed by atoms with van der Waals surface area (Å²) in [5.74, 6) is 0.966. The molecule has 0 amide bonds. The van der Waals surface area contributed by atoms with E-state index in [4.69, 9.17) is 4.74 Å². The summed E-state index contributed by atoms with van der Waals surface area (Å²) in [5.41, 5.74) is 0. The maximum Gasteiger partial charge on any atom is 0.147 e. The summed E-state index contributed by atoms with van der Waals surface area (Å²) in [5, 5.41) is 17.8. The van der Waals surface area contributed by atoms with Crippen LogP contribution in [0, 0.1) is 0 Å². The maximum absolute atomic E-state index is 9.84. The minimum Gasteiger partial charge on any atom is -0.389 e.